The van der Waals surface area contributed by atoms with E-state index in [2.05, 4.69) is 27.6 Å². The molecule has 0 amide bonds. The third kappa shape index (κ3) is 6.20. The fraction of sp³-hybridized carbons (Fsp3) is 0.333. The second-order valence-electron chi connectivity index (χ2n) is 8.10. The first-order valence-corrected chi connectivity index (χ1v) is 12.5. The molecule has 3 aromatic rings. The molecule has 0 saturated carbocycles. The van der Waals surface area contributed by atoms with Crippen LogP contribution in [-0.2, 0) is 16.0 Å². The van der Waals surface area contributed by atoms with Crippen molar-refractivity contribution in [3.63, 3.8) is 0 Å². The molecule has 0 saturated heterocycles. The number of allylic oxidation sites excluding steroid dienone is 1. The standard InChI is InChI=1S/C27H30BrN3O5/c1-6-9-19-12-18(13-23(34-5)25(19)36-16-24(32)35-8-3)15-29-31-26(17(4)7-2)30-22-11-10-20(28)14-21(22)27(31)33/h6,10-15,17H,1,7-9,16H2,2-5H3/t17-/m0/s1. The summed E-state index contributed by atoms with van der Waals surface area (Å²) < 4.78 is 18.4. The van der Waals surface area contributed by atoms with Crippen molar-refractivity contribution in [2.24, 2.45) is 5.10 Å². The summed E-state index contributed by atoms with van der Waals surface area (Å²) in [5.74, 6) is 0.989. The van der Waals surface area contributed by atoms with Gasteiger partial charge in [-0.25, -0.2) is 9.78 Å². The van der Waals surface area contributed by atoms with Crippen LogP contribution >= 0.6 is 15.9 Å². The number of ether oxygens (including phenoxy) is 3. The lowest BCUT2D eigenvalue weighted by Crippen LogP contribution is -2.23. The van der Waals surface area contributed by atoms with Gasteiger partial charge in [0.05, 0.1) is 30.8 Å². The molecule has 0 aliphatic heterocycles. The zero-order valence-corrected chi connectivity index (χ0v) is 22.5. The van der Waals surface area contributed by atoms with Gasteiger partial charge in [-0.15, -0.1) is 6.58 Å². The van der Waals surface area contributed by atoms with Gasteiger partial charge in [0.2, 0.25) is 0 Å². The number of rotatable bonds is 11. The lowest BCUT2D eigenvalue weighted by Gasteiger charge is -2.16. The zero-order valence-electron chi connectivity index (χ0n) is 20.9. The molecule has 0 radical (unpaired) electrons. The van der Waals surface area contributed by atoms with E-state index < -0.39 is 5.97 Å². The summed E-state index contributed by atoms with van der Waals surface area (Å²) in [7, 11) is 1.52. The molecule has 36 heavy (non-hydrogen) atoms. The van der Waals surface area contributed by atoms with Crippen molar-refractivity contribution in [2.75, 3.05) is 20.3 Å². The number of benzene rings is 2. The van der Waals surface area contributed by atoms with Crippen molar-refractivity contribution in [2.45, 2.75) is 39.5 Å². The van der Waals surface area contributed by atoms with Crippen LogP contribution in [0, 0.1) is 0 Å². The predicted molar refractivity (Wildman–Crippen MR) is 144 cm³/mol. The topological polar surface area (TPSA) is 92.0 Å². The molecule has 1 heterocycles. The van der Waals surface area contributed by atoms with Crippen LogP contribution in [0.2, 0.25) is 0 Å². The van der Waals surface area contributed by atoms with Gasteiger partial charge in [0.15, 0.2) is 18.1 Å². The fourth-order valence-corrected chi connectivity index (χ4v) is 3.98. The van der Waals surface area contributed by atoms with Crippen molar-refractivity contribution in [1.29, 1.82) is 0 Å². The lowest BCUT2D eigenvalue weighted by molar-refractivity contribution is -0.145. The number of hydrogen-bond acceptors (Lipinski definition) is 7. The third-order valence-electron chi connectivity index (χ3n) is 5.59. The average Bonchev–Trinajstić information content (AvgIpc) is 2.87. The highest BCUT2D eigenvalue weighted by Gasteiger charge is 2.17. The molecular weight excluding hydrogens is 526 g/mol. The summed E-state index contributed by atoms with van der Waals surface area (Å²) in [6.45, 7) is 9.62. The van der Waals surface area contributed by atoms with E-state index in [1.165, 1.54) is 11.8 Å². The number of hydrogen-bond donors (Lipinski definition) is 0. The molecule has 2 aromatic carbocycles. The van der Waals surface area contributed by atoms with E-state index in [0.717, 1.165) is 16.5 Å². The van der Waals surface area contributed by atoms with E-state index in [1.807, 2.05) is 32.0 Å². The number of carbonyl (C=O) groups is 1. The van der Waals surface area contributed by atoms with Gasteiger partial charge in [-0.3, -0.25) is 4.79 Å². The number of carbonyl (C=O) groups excluding carboxylic acids is 1. The molecule has 1 atom stereocenters. The minimum absolute atomic E-state index is 0.0208. The second-order valence-corrected chi connectivity index (χ2v) is 9.02. The number of fused-ring (bicyclic) bond motifs is 1. The van der Waals surface area contributed by atoms with Crippen LogP contribution in [-0.4, -0.2) is 42.2 Å². The Labute approximate surface area is 218 Å². The number of nitrogens with zero attached hydrogens (tertiary/aromatic N) is 3. The maximum absolute atomic E-state index is 13.4. The molecule has 3 rings (SSSR count). The highest BCUT2D eigenvalue weighted by Crippen LogP contribution is 2.33. The second kappa shape index (κ2) is 12.5. The van der Waals surface area contributed by atoms with Gasteiger partial charge >= 0.3 is 5.97 Å². The van der Waals surface area contributed by atoms with Crippen LogP contribution in [0.1, 0.15) is 50.1 Å². The smallest absolute Gasteiger partial charge is 0.344 e. The molecule has 0 bridgehead atoms. The number of aromatic nitrogens is 2. The largest absolute Gasteiger partial charge is 0.493 e. The Morgan fingerprint density at radius 2 is 2.06 bits per heavy atom. The van der Waals surface area contributed by atoms with E-state index in [0.29, 0.717) is 40.2 Å². The summed E-state index contributed by atoms with van der Waals surface area (Å²) in [5, 5.41) is 5.01. The summed E-state index contributed by atoms with van der Waals surface area (Å²) in [5.41, 5.74) is 1.82. The van der Waals surface area contributed by atoms with Crippen molar-refractivity contribution < 1.29 is 19.0 Å². The summed E-state index contributed by atoms with van der Waals surface area (Å²) in [6.07, 6.45) is 4.58. The van der Waals surface area contributed by atoms with E-state index >= 15 is 0 Å². The molecule has 1 aromatic heterocycles. The Morgan fingerprint density at radius 3 is 2.72 bits per heavy atom. The van der Waals surface area contributed by atoms with Crippen LogP contribution in [0.5, 0.6) is 11.5 Å². The summed E-state index contributed by atoms with van der Waals surface area (Å²) in [4.78, 5) is 29.9. The third-order valence-corrected chi connectivity index (χ3v) is 6.08. The fourth-order valence-electron chi connectivity index (χ4n) is 3.62. The highest BCUT2D eigenvalue weighted by molar-refractivity contribution is 9.10. The Bertz CT molecular complexity index is 1350. The molecule has 0 spiro atoms. The molecular formula is C27H30BrN3O5. The maximum Gasteiger partial charge on any atom is 0.344 e. The number of esters is 1. The normalized spacial score (nSPS) is 12.0. The van der Waals surface area contributed by atoms with Crippen molar-refractivity contribution >= 4 is 39.0 Å². The van der Waals surface area contributed by atoms with Gasteiger partial charge in [0.25, 0.3) is 5.56 Å². The molecule has 0 aliphatic carbocycles. The van der Waals surface area contributed by atoms with Crippen molar-refractivity contribution in [1.82, 2.24) is 9.66 Å². The zero-order chi connectivity index (χ0) is 26.2. The van der Waals surface area contributed by atoms with E-state index in [-0.39, 0.29) is 24.7 Å². The van der Waals surface area contributed by atoms with Gasteiger partial charge in [-0.2, -0.15) is 9.78 Å². The molecule has 9 heteroatoms. The highest BCUT2D eigenvalue weighted by atomic mass is 79.9. The van der Waals surface area contributed by atoms with Gasteiger partial charge in [-0.1, -0.05) is 35.9 Å². The first-order chi connectivity index (χ1) is 17.3. The van der Waals surface area contributed by atoms with Crippen molar-refractivity contribution in [3.8, 4) is 11.5 Å². The minimum Gasteiger partial charge on any atom is -0.493 e. The molecule has 0 fully saturated rings. The summed E-state index contributed by atoms with van der Waals surface area (Å²) in [6, 6.07) is 9.02. The first kappa shape index (κ1) is 27.1. The number of methoxy groups -OCH3 is 1. The molecule has 0 aliphatic rings. The van der Waals surface area contributed by atoms with Crippen LogP contribution in [0.15, 0.2) is 57.4 Å². The van der Waals surface area contributed by atoms with Crippen LogP contribution in [0.25, 0.3) is 10.9 Å². The SMILES string of the molecule is C=CCc1cc(C=Nn2c([C@@H](C)CC)nc3ccc(Br)cc3c2=O)cc(OC)c1OCC(=O)OCC. The van der Waals surface area contributed by atoms with Gasteiger partial charge in [-0.05, 0) is 55.7 Å². The Morgan fingerprint density at radius 1 is 1.28 bits per heavy atom. The van der Waals surface area contributed by atoms with Gasteiger partial charge < -0.3 is 14.2 Å². The monoisotopic (exact) mass is 555 g/mol. The van der Waals surface area contributed by atoms with Gasteiger partial charge in [0, 0.05) is 16.0 Å². The van der Waals surface area contributed by atoms with Crippen LogP contribution in [0.4, 0.5) is 0 Å². The maximum atomic E-state index is 13.4. The Kier molecular flexibility index (Phi) is 9.41. The molecule has 0 N–H and O–H groups in total. The van der Waals surface area contributed by atoms with Gasteiger partial charge in [0.1, 0.15) is 5.82 Å². The average molecular weight is 556 g/mol. The van der Waals surface area contributed by atoms with Crippen LogP contribution < -0.4 is 15.0 Å². The predicted octanol–water partition coefficient (Wildman–Crippen LogP) is 5.23. The first-order valence-electron chi connectivity index (χ1n) is 11.7. The van der Waals surface area contributed by atoms with Crippen molar-refractivity contribution in [3.05, 3.63) is 74.8 Å². The quantitative estimate of drug-likeness (QED) is 0.182. The Balaban J connectivity index is 2.08. The van der Waals surface area contributed by atoms with Crippen LogP contribution in [0.3, 0.4) is 0 Å². The summed E-state index contributed by atoms with van der Waals surface area (Å²) >= 11 is 3.43. The number of halogens is 1. The lowest BCUT2D eigenvalue weighted by atomic mass is 10.1. The molecule has 8 nitrogen and oxygen atoms in total. The Hall–Kier alpha value is -3.46. The molecule has 190 valence electrons. The minimum atomic E-state index is -0.470. The van der Waals surface area contributed by atoms with E-state index in [9.17, 15) is 9.59 Å². The van der Waals surface area contributed by atoms with E-state index in [1.54, 1.807) is 31.3 Å². The van der Waals surface area contributed by atoms with E-state index in [4.69, 9.17) is 19.2 Å². The molecule has 0 unspecified atom stereocenters.